The van der Waals surface area contributed by atoms with Crippen LogP contribution in [0.5, 0.6) is 5.88 Å². The van der Waals surface area contributed by atoms with Crippen LogP contribution in [0.1, 0.15) is 37.9 Å². The largest absolute Gasteiger partial charge is 0.477 e. The van der Waals surface area contributed by atoms with Crippen molar-refractivity contribution in [2.45, 2.75) is 33.6 Å². The average molecular weight is 235 g/mol. The van der Waals surface area contributed by atoms with Crippen LogP contribution in [0, 0.1) is 18.3 Å². The first-order valence-electron chi connectivity index (χ1n) is 5.98. The van der Waals surface area contributed by atoms with Crippen LogP contribution in [0.15, 0.2) is 12.1 Å². The van der Waals surface area contributed by atoms with Gasteiger partial charge in [-0.15, -0.1) is 0 Å². The molecular formula is C13H21N3O. The van der Waals surface area contributed by atoms with E-state index in [0.29, 0.717) is 24.0 Å². The van der Waals surface area contributed by atoms with Crippen molar-refractivity contribution in [1.29, 1.82) is 5.41 Å². The van der Waals surface area contributed by atoms with Gasteiger partial charge in [-0.1, -0.05) is 20.3 Å². The minimum absolute atomic E-state index is 0.0435. The van der Waals surface area contributed by atoms with E-state index < -0.39 is 0 Å². The van der Waals surface area contributed by atoms with E-state index in [9.17, 15) is 0 Å². The predicted octanol–water partition coefficient (Wildman–Crippen LogP) is 2.49. The summed E-state index contributed by atoms with van der Waals surface area (Å²) >= 11 is 0. The molecule has 0 amide bonds. The Bertz CT molecular complexity index is 390. The van der Waals surface area contributed by atoms with Gasteiger partial charge < -0.3 is 10.5 Å². The highest BCUT2D eigenvalue weighted by atomic mass is 16.5. The van der Waals surface area contributed by atoms with Gasteiger partial charge in [0, 0.05) is 17.3 Å². The van der Waals surface area contributed by atoms with Gasteiger partial charge in [-0.2, -0.15) is 0 Å². The third-order valence-corrected chi connectivity index (χ3v) is 2.54. The number of nitrogen functional groups attached to an aromatic ring is 1. The van der Waals surface area contributed by atoms with Crippen molar-refractivity contribution in [3.05, 3.63) is 23.4 Å². The van der Waals surface area contributed by atoms with Crippen LogP contribution in [-0.4, -0.2) is 17.4 Å². The van der Waals surface area contributed by atoms with Crippen molar-refractivity contribution >= 4 is 5.84 Å². The lowest BCUT2D eigenvalue weighted by Crippen LogP contribution is -2.13. The molecule has 1 heterocycles. The molecule has 1 unspecified atom stereocenters. The molecule has 0 aliphatic rings. The Morgan fingerprint density at radius 2 is 2.24 bits per heavy atom. The Morgan fingerprint density at radius 3 is 2.82 bits per heavy atom. The molecule has 0 saturated carbocycles. The van der Waals surface area contributed by atoms with Crippen molar-refractivity contribution in [2.24, 2.45) is 11.7 Å². The van der Waals surface area contributed by atoms with Crippen molar-refractivity contribution < 1.29 is 4.74 Å². The molecule has 0 bridgehead atoms. The normalized spacial score (nSPS) is 12.2. The number of aromatic nitrogens is 1. The number of nitrogens with zero attached hydrogens (tertiary/aromatic N) is 1. The maximum absolute atomic E-state index is 7.41. The minimum atomic E-state index is 0.0435. The van der Waals surface area contributed by atoms with E-state index in [4.69, 9.17) is 15.9 Å². The van der Waals surface area contributed by atoms with E-state index >= 15 is 0 Å². The van der Waals surface area contributed by atoms with Gasteiger partial charge in [0.05, 0.1) is 6.61 Å². The highest BCUT2D eigenvalue weighted by Crippen LogP contribution is 2.14. The third kappa shape index (κ3) is 4.43. The standard InChI is InChI=1S/C13H21N3O/c1-4-5-9(2)8-17-12-7-11(13(14)15)6-10(3)16-12/h6-7,9H,4-5,8H2,1-3H3,(H3,14,15). The molecule has 1 atom stereocenters. The first-order chi connectivity index (χ1) is 8.02. The Morgan fingerprint density at radius 1 is 1.53 bits per heavy atom. The molecule has 0 spiro atoms. The Hall–Kier alpha value is -1.58. The van der Waals surface area contributed by atoms with Gasteiger partial charge in [0.2, 0.25) is 5.88 Å². The van der Waals surface area contributed by atoms with Crippen LogP contribution in [-0.2, 0) is 0 Å². The Kier molecular flexibility index (Phi) is 4.94. The van der Waals surface area contributed by atoms with Gasteiger partial charge in [-0.05, 0) is 25.3 Å². The van der Waals surface area contributed by atoms with Crippen molar-refractivity contribution in [2.75, 3.05) is 6.61 Å². The van der Waals surface area contributed by atoms with Crippen LogP contribution in [0.25, 0.3) is 0 Å². The Labute approximate surface area is 103 Å². The van der Waals surface area contributed by atoms with Crippen molar-refractivity contribution in [3.8, 4) is 5.88 Å². The molecule has 4 heteroatoms. The fraction of sp³-hybridized carbons (Fsp3) is 0.538. The molecule has 1 rings (SSSR count). The Balaban J connectivity index is 2.68. The van der Waals surface area contributed by atoms with Gasteiger partial charge in [0.15, 0.2) is 0 Å². The number of hydrogen-bond donors (Lipinski definition) is 2. The molecule has 17 heavy (non-hydrogen) atoms. The molecule has 0 aliphatic heterocycles. The van der Waals surface area contributed by atoms with Crippen LogP contribution in [0.2, 0.25) is 0 Å². The SMILES string of the molecule is CCCC(C)COc1cc(C(=N)N)cc(C)n1. The van der Waals surface area contributed by atoms with Crippen LogP contribution in [0.3, 0.4) is 0 Å². The van der Waals surface area contributed by atoms with Crippen molar-refractivity contribution in [1.82, 2.24) is 4.98 Å². The minimum Gasteiger partial charge on any atom is -0.477 e. The summed E-state index contributed by atoms with van der Waals surface area (Å²) in [5.41, 5.74) is 6.93. The molecule has 1 aromatic heterocycles. The molecule has 0 fully saturated rings. The lowest BCUT2D eigenvalue weighted by molar-refractivity contribution is 0.242. The molecule has 0 saturated heterocycles. The maximum Gasteiger partial charge on any atom is 0.214 e. The van der Waals surface area contributed by atoms with E-state index in [1.807, 2.05) is 6.92 Å². The predicted molar refractivity (Wildman–Crippen MR) is 69.6 cm³/mol. The molecule has 94 valence electrons. The fourth-order valence-electron chi connectivity index (χ4n) is 1.67. The molecule has 0 radical (unpaired) electrons. The van der Waals surface area contributed by atoms with Gasteiger partial charge in [0.25, 0.3) is 0 Å². The second-order valence-electron chi connectivity index (χ2n) is 4.45. The van der Waals surface area contributed by atoms with Crippen LogP contribution < -0.4 is 10.5 Å². The summed E-state index contributed by atoms with van der Waals surface area (Å²) in [6.07, 6.45) is 2.30. The summed E-state index contributed by atoms with van der Waals surface area (Å²) in [6, 6.07) is 3.50. The summed E-state index contributed by atoms with van der Waals surface area (Å²) in [7, 11) is 0. The van der Waals surface area contributed by atoms with Gasteiger partial charge in [-0.25, -0.2) is 4.98 Å². The van der Waals surface area contributed by atoms with Gasteiger partial charge in [0.1, 0.15) is 5.84 Å². The summed E-state index contributed by atoms with van der Waals surface area (Å²) in [5, 5.41) is 7.41. The smallest absolute Gasteiger partial charge is 0.214 e. The lowest BCUT2D eigenvalue weighted by Gasteiger charge is -2.12. The summed E-state index contributed by atoms with van der Waals surface area (Å²) in [6.45, 7) is 6.84. The summed E-state index contributed by atoms with van der Waals surface area (Å²) < 4.78 is 5.63. The number of aryl methyl sites for hydroxylation is 1. The maximum atomic E-state index is 7.41. The average Bonchev–Trinajstić information content (AvgIpc) is 2.26. The number of rotatable bonds is 6. The molecule has 0 aromatic carbocycles. The van der Waals surface area contributed by atoms with E-state index in [-0.39, 0.29) is 5.84 Å². The van der Waals surface area contributed by atoms with Crippen molar-refractivity contribution in [3.63, 3.8) is 0 Å². The van der Waals surface area contributed by atoms with E-state index in [1.54, 1.807) is 12.1 Å². The molecule has 4 nitrogen and oxygen atoms in total. The topological polar surface area (TPSA) is 72.0 Å². The zero-order chi connectivity index (χ0) is 12.8. The number of ether oxygens (including phenoxy) is 1. The fourth-order valence-corrected chi connectivity index (χ4v) is 1.67. The van der Waals surface area contributed by atoms with E-state index in [1.165, 1.54) is 0 Å². The zero-order valence-corrected chi connectivity index (χ0v) is 10.8. The first-order valence-corrected chi connectivity index (χ1v) is 5.98. The van der Waals surface area contributed by atoms with E-state index in [2.05, 4.69) is 18.8 Å². The van der Waals surface area contributed by atoms with Crippen LogP contribution in [0.4, 0.5) is 0 Å². The second kappa shape index (κ2) is 6.23. The monoisotopic (exact) mass is 235 g/mol. The number of hydrogen-bond acceptors (Lipinski definition) is 3. The molecular weight excluding hydrogens is 214 g/mol. The lowest BCUT2D eigenvalue weighted by atomic mass is 10.1. The summed E-state index contributed by atoms with van der Waals surface area (Å²) in [4.78, 5) is 4.27. The third-order valence-electron chi connectivity index (χ3n) is 2.54. The second-order valence-corrected chi connectivity index (χ2v) is 4.45. The van der Waals surface area contributed by atoms with Gasteiger partial charge in [-0.3, -0.25) is 5.41 Å². The van der Waals surface area contributed by atoms with Crippen LogP contribution >= 0.6 is 0 Å². The first kappa shape index (κ1) is 13.5. The number of nitrogens with one attached hydrogen (secondary N) is 1. The number of nitrogens with two attached hydrogens (primary N) is 1. The number of amidine groups is 1. The molecule has 1 aromatic rings. The zero-order valence-electron chi connectivity index (χ0n) is 10.8. The molecule has 0 aliphatic carbocycles. The van der Waals surface area contributed by atoms with Gasteiger partial charge >= 0.3 is 0 Å². The number of pyridine rings is 1. The highest BCUT2D eigenvalue weighted by Gasteiger charge is 2.06. The van der Waals surface area contributed by atoms with E-state index in [0.717, 1.165) is 18.5 Å². The summed E-state index contributed by atoms with van der Waals surface area (Å²) in [5.74, 6) is 1.11. The molecule has 3 N–H and O–H groups in total. The highest BCUT2D eigenvalue weighted by molar-refractivity contribution is 5.95. The quantitative estimate of drug-likeness (QED) is 0.587.